The van der Waals surface area contributed by atoms with E-state index >= 15 is 0 Å². The maximum atomic E-state index is 7.02. The standard InChI is InChI=1S/C25H59NO3Si3/c1-22(2,3)30(10,11)27-19-16-25(26,17-20-28-31(12,13)23(4,5)6)18-21-29-32(14,15)24(7,8)9/h16-21,26H2,1-15H3. The molecule has 0 aliphatic rings. The average Bonchev–Trinajstić information content (AvgIpc) is 2.50. The molecule has 2 N–H and O–H groups in total. The van der Waals surface area contributed by atoms with Crippen molar-refractivity contribution in [2.75, 3.05) is 19.8 Å². The van der Waals surface area contributed by atoms with Crippen LogP contribution in [0.15, 0.2) is 0 Å². The van der Waals surface area contributed by atoms with Crippen LogP contribution in [0.5, 0.6) is 0 Å². The zero-order valence-corrected chi connectivity index (χ0v) is 27.5. The van der Waals surface area contributed by atoms with Crippen LogP contribution in [0, 0.1) is 0 Å². The van der Waals surface area contributed by atoms with Gasteiger partial charge in [-0.05, 0) is 73.7 Å². The molecular weight excluding hydrogens is 447 g/mol. The van der Waals surface area contributed by atoms with Gasteiger partial charge in [-0.25, -0.2) is 0 Å². The fourth-order valence-electron chi connectivity index (χ4n) is 2.55. The van der Waals surface area contributed by atoms with Gasteiger partial charge >= 0.3 is 0 Å². The molecule has 0 spiro atoms. The molecule has 7 heteroatoms. The Labute approximate surface area is 205 Å². The Morgan fingerprint density at radius 3 is 0.812 bits per heavy atom. The van der Waals surface area contributed by atoms with Crippen molar-refractivity contribution < 1.29 is 13.3 Å². The molecule has 4 nitrogen and oxygen atoms in total. The molecule has 0 aliphatic heterocycles. The van der Waals surface area contributed by atoms with Crippen molar-refractivity contribution in [3.05, 3.63) is 0 Å². The first-order valence-electron chi connectivity index (χ1n) is 12.6. The van der Waals surface area contributed by atoms with Gasteiger partial charge in [-0.3, -0.25) is 0 Å². The highest BCUT2D eigenvalue weighted by molar-refractivity contribution is 6.74. The van der Waals surface area contributed by atoms with Crippen LogP contribution in [0.4, 0.5) is 0 Å². The van der Waals surface area contributed by atoms with Crippen LogP contribution < -0.4 is 5.73 Å². The maximum Gasteiger partial charge on any atom is 0.191 e. The molecule has 194 valence electrons. The Balaban J connectivity index is 5.20. The third-order valence-corrected chi connectivity index (χ3v) is 22.2. The first-order valence-corrected chi connectivity index (χ1v) is 21.3. The van der Waals surface area contributed by atoms with E-state index in [0.717, 1.165) is 19.3 Å². The van der Waals surface area contributed by atoms with Crippen molar-refractivity contribution in [1.29, 1.82) is 0 Å². The van der Waals surface area contributed by atoms with E-state index < -0.39 is 25.0 Å². The molecule has 0 rings (SSSR count). The van der Waals surface area contributed by atoms with Gasteiger partial charge in [0.2, 0.25) is 0 Å². The summed E-state index contributed by atoms with van der Waals surface area (Å²) in [5.74, 6) is 0. The third-order valence-electron chi connectivity index (χ3n) is 8.61. The molecule has 32 heavy (non-hydrogen) atoms. The van der Waals surface area contributed by atoms with Crippen molar-refractivity contribution >= 4 is 25.0 Å². The summed E-state index contributed by atoms with van der Waals surface area (Å²) in [4.78, 5) is 0. The molecule has 0 aromatic heterocycles. The van der Waals surface area contributed by atoms with Gasteiger partial charge in [-0.2, -0.15) is 0 Å². The average molecular weight is 506 g/mol. The lowest BCUT2D eigenvalue weighted by Crippen LogP contribution is -2.49. The largest absolute Gasteiger partial charge is 0.417 e. The Bertz CT molecular complexity index is 492. The van der Waals surface area contributed by atoms with E-state index in [1.54, 1.807) is 0 Å². The van der Waals surface area contributed by atoms with Crippen LogP contribution in [0.2, 0.25) is 54.4 Å². The molecule has 0 heterocycles. The smallest absolute Gasteiger partial charge is 0.191 e. The second-order valence-corrected chi connectivity index (χ2v) is 28.9. The minimum Gasteiger partial charge on any atom is -0.417 e. The van der Waals surface area contributed by atoms with Crippen molar-refractivity contribution in [2.45, 2.75) is 142 Å². The van der Waals surface area contributed by atoms with E-state index in [2.05, 4.69) is 102 Å². The molecule has 0 fully saturated rings. The van der Waals surface area contributed by atoms with Crippen molar-refractivity contribution in [2.24, 2.45) is 5.73 Å². The van der Waals surface area contributed by atoms with Gasteiger partial charge in [-0.15, -0.1) is 0 Å². The maximum absolute atomic E-state index is 7.02. The van der Waals surface area contributed by atoms with Crippen LogP contribution >= 0.6 is 0 Å². The van der Waals surface area contributed by atoms with Gasteiger partial charge in [0.25, 0.3) is 0 Å². The fourth-order valence-corrected chi connectivity index (χ4v) is 5.69. The van der Waals surface area contributed by atoms with Gasteiger partial charge in [-0.1, -0.05) is 62.3 Å². The van der Waals surface area contributed by atoms with Crippen molar-refractivity contribution in [3.63, 3.8) is 0 Å². The van der Waals surface area contributed by atoms with E-state index in [1.165, 1.54) is 0 Å². The molecule has 0 saturated heterocycles. The molecule has 0 amide bonds. The molecule has 0 aliphatic carbocycles. The van der Waals surface area contributed by atoms with Gasteiger partial charge in [0.1, 0.15) is 0 Å². The van der Waals surface area contributed by atoms with E-state index in [1.807, 2.05) is 0 Å². The molecular formula is C25H59NO3Si3. The van der Waals surface area contributed by atoms with E-state index in [-0.39, 0.29) is 20.7 Å². The second kappa shape index (κ2) is 11.0. The number of rotatable bonds is 12. The van der Waals surface area contributed by atoms with Gasteiger partial charge in [0.05, 0.1) is 0 Å². The number of hydrogen-bond donors (Lipinski definition) is 1. The number of hydrogen-bond acceptors (Lipinski definition) is 4. The second-order valence-electron chi connectivity index (χ2n) is 14.4. The predicted octanol–water partition coefficient (Wildman–Crippen LogP) is 7.92. The summed E-state index contributed by atoms with van der Waals surface area (Å²) in [6.07, 6.45) is 2.55. The minimum atomic E-state index is -1.78. The molecule has 0 aromatic rings. The Morgan fingerprint density at radius 2 is 0.656 bits per heavy atom. The predicted molar refractivity (Wildman–Crippen MR) is 150 cm³/mol. The summed E-state index contributed by atoms with van der Waals surface area (Å²) in [6.45, 7) is 36.6. The first-order chi connectivity index (χ1) is 13.9. The SMILES string of the molecule is CC(C)(C)[Si](C)(C)OCCC(N)(CCO[Si](C)(C)C(C)(C)C)CCO[Si](C)(C)C(C)(C)C. The van der Waals surface area contributed by atoms with E-state index in [0.29, 0.717) is 19.8 Å². The van der Waals surface area contributed by atoms with Crippen LogP contribution in [0.1, 0.15) is 81.6 Å². The zero-order valence-electron chi connectivity index (χ0n) is 24.5. The summed E-state index contributed by atoms with van der Waals surface area (Å²) in [6, 6.07) is 0. The minimum absolute atomic E-state index is 0.209. The summed E-state index contributed by atoms with van der Waals surface area (Å²) in [5, 5.41) is 0.628. The highest BCUT2D eigenvalue weighted by atomic mass is 28.4. The molecule has 0 atom stereocenters. The van der Waals surface area contributed by atoms with E-state index in [9.17, 15) is 0 Å². The molecule has 0 bridgehead atoms. The summed E-state index contributed by atoms with van der Waals surface area (Å²) in [5.41, 5.74) is 6.69. The van der Waals surface area contributed by atoms with Gasteiger partial charge in [0, 0.05) is 25.4 Å². The molecule has 0 radical (unpaired) electrons. The summed E-state index contributed by atoms with van der Waals surface area (Å²) < 4.78 is 19.5. The van der Waals surface area contributed by atoms with Crippen LogP contribution in [0.25, 0.3) is 0 Å². The quantitative estimate of drug-likeness (QED) is 0.274. The Kier molecular flexibility index (Phi) is 11.2. The Hall–Kier alpha value is 0.491. The van der Waals surface area contributed by atoms with Crippen LogP contribution in [-0.2, 0) is 13.3 Å². The lowest BCUT2D eigenvalue weighted by Gasteiger charge is -2.40. The van der Waals surface area contributed by atoms with Gasteiger partial charge in [0.15, 0.2) is 25.0 Å². The van der Waals surface area contributed by atoms with Crippen molar-refractivity contribution in [1.82, 2.24) is 0 Å². The summed E-state index contributed by atoms with van der Waals surface area (Å²) >= 11 is 0. The van der Waals surface area contributed by atoms with Crippen LogP contribution in [0.3, 0.4) is 0 Å². The third kappa shape index (κ3) is 10.0. The fraction of sp³-hybridized carbons (Fsp3) is 1.00. The van der Waals surface area contributed by atoms with Crippen LogP contribution in [-0.4, -0.2) is 50.3 Å². The highest BCUT2D eigenvalue weighted by Crippen LogP contribution is 2.39. The van der Waals surface area contributed by atoms with Gasteiger partial charge < -0.3 is 19.0 Å². The van der Waals surface area contributed by atoms with E-state index in [4.69, 9.17) is 19.0 Å². The number of nitrogens with two attached hydrogens (primary N) is 1. The Morgan fingerprint density at radius 1 is 0.469 bits per heavy atom. The lowest BCUT2D eigenvalue weighted by molar-refractivity contribution is 0.164. The molecule has 0 aromatic carbocycles. The normalized spacial score (nSPS) is 15.4. The molecule has 0 saturated carbocycles. The zero-order chi connectivity index (χ0) is 25.9. The lowest BCUT2D eigenvalue weighted by atomic mass is 9.90. The van der Waals surface area contributed by atoms with Crippen molar-refractivity contribution in [3.8, 4) is 0 Å². The summed E-state index contributed by atoms with van der Waals surface area (Å²) in [7, 11) is -5.34. The topological polar surface area (TPSA) is 53.7 Å². The monoisotopic (exact) mass is 505 g/mol. The highest BCUT2D eigenvalue weighted by Gasteiger charge is 2.40. The first kappa shape index (κ1) is 32.5. The molecule has 0 unspecified atom stereocenters.